The van der Waals surface area contributed by atoms with Gasteiger partial charge in [-0.3, -0.25) is 9.59 Å². The maximum absolute atomic E-state index is 13.0. The van der Waals surface area contributed by atoms with E-state index >= 15 is 0 Å². The first kappa shape index (κ1) is 22.4. The highest BCUT2D eigenvalue weighted by Gasteiger charge is 2.52. The Hall–Kier alpha value is -3.35. The minimum atomic E-state index is -1.01. The maximum atomic E-state index is 13.0. The lowest BCUT2D eigenvalue weighted by atomic mass is 9.98. The first-order chi connectivity index (χ1) is 16.5. The van der Waals surface area contributed by atoms with Gasteiger partial charge in [0.05, 0.1) is 0 Å². The Kier molecular flexibility index (Phi) is 6.02. The van der Waals surface area contributed by atoms with Gasteiger partial charge >= 0.3 is 12.1 Å². The van der Waals surface area contributed by atoms with Crippen LogP contribution in [0.5, 0.6) is 0 Å². The maximum Gasteiger partial charge on any atom is 0.407 e. The predicted octanol–water partition coefficient (Wildman–Crippen LogP) is 4.21. The number of carboxylic acid groups (broad SMARTS) is 1. The van der Waals surface area contributed by atoms with E-state index in [9.17, 15) is 14.4 Å². The van der Waals surface area contributed by atoms with Crippen LogP contribution in [-0.2, 0) is 14.3 Å². The molecule has 3 aliphatic rings. The summed E-state index contributed by atoms with van der Waals surface area (Å²) in [6.45, 7) is 0.138. The molecule has 0 radical (unpaired) electrons. The van der Waals surface area contributed by atoms with Crippen LogP contribution in [0.4, 0.5) is 4.79 Å². The molecule has 2 atom stereocenters. The van der Waals surface area contributed by atoms with Crippen molar-refractivity contribution < 1.29 is 24.2 Å². The summed E-state index contributed by atoms with van der Waals surface area (Å²) in [7, 11) is 0. The average molecular weight is 463 g/mol. The number of nitrogens with one attached hydrogen (secondary N) is 2. The Balaban J connectivity index is 1.23. The fraction of sp³-hybridized carbons (Fsp3) is 0.444. The molecular formula is C27H30N2O5. The van der Waals surface area contributed by atoms with E-state index in [1.54, 1.807) is 0 Å². The molecule has 1 spiro atoms. The fourth-order valence-corrected chi connectivity index (χ4v) is 5.71. The second kappa shape index (κ2) is 9.12. The van der Waals surface area contributed by atoms with E-state index in [1.807, 2.05) is 36.4 Å². The number of carbonyl (C=O) groups is 3. The first-order valence-electron chi connectivity index (χ1n) is 12.1. The number of hydrogen-bond acceptors (Lipinski definition) is 4. The SMILES string of the molecule is O=C(O)CCC(NC(=O)OCC1c2ccccc2-c2ccccc21)C(=O)NC1CCCC12CC2. The number of ether oxygens (including phenoxy) is 1. The van der Waals surface area contributed by atoms with Crippen molar-refractivity contribution in [3.05, 3.63) is 59.7 Å². The van der Waals surface area contributed by atoms with Crippen LogP contribution in [0.3, 0.4) is 0 Å². The van der Waals surface area contributed by atoms with Gasteiger partial charge in [0.1, 0.15) is 12.6 Å². The molecule has 3 aliphatic carbocycles. The van der Waals surface area contributed by atoms with Crippen LogP contribution >= 0.6 is 0 Å². The molecule has 2 fully saturated rings. The van der Waals surface area contributed by atoms with Gasteiger partial charge in [-0.15, -0.1) is 0 Å². The fourth-order valence-electron chi connectivity index (χ4n) is 5.71. The Labute approximate surface area is 198 Å². The summed E-state index contributed by atoms with van der Waals surface area (Å²) in [6, 6.07) is 15.3. The van der Waals surface area contributed by atoms with E-state index in [1.165, 1.54) is 0 Å². The van der Waals surface area contributed by atoms with Crippen molar-refractivity contribution >= 4 is 18.0 Å². The molecule has 0 saturated heterocycles. The zero-order chi connectivity index (χ0) is 23.7. The summed E-state index contributed by atoms with van der Waals surface area (Å²) >= 11 is 0. The van der Waals surface area contributed by atoms with Gasteiger partial charge in [-0.05, 0) is 59.8 Å². The molecule has 2 saturated carbocycles. The number of alkyl carbamates (subject to hydrolysis) is 1. The molecule has 34 heavy (non-hydrogen) atoms. The highest BCUT2D eigenvalue weighted by atomic mass is 16.5. The minimum absolute atomic E-state index is 0.0189. The second-order valence-electron chi connectivity index (χ2n) is 9.77. The lowest BCUT2D eigenvalue weighted by Crippen LogP contribution is -2.51. The number of rotatable bonds is 8. The van der Waals surface area contributed by atoms with Crippen molar-refractivity contribution in [3.63, 3.8) is 0 Å². The molecule has 2 amide bonds. The largest absolute Gasteiger partial charge is 0.481 e. The highest BCUT2D eigenvalue weighted by Crippen LogP contribution is 2.57. The van der Waals surface area contributed by atoms with Gasteiger partial charge in [-0.25, -0.2) is 4.79 Å². The Morgan fingerprint density at radius 2 is 1.65 bits per heavy atom. The molecule has 0 aliphatic heterocycles. The van der Waals surface area contributed by atoms with E-state index in [4.69, 9.17) is 9.84 Å². The zero-order valence-electron chi connectivity index (χ0n) is 19.1. The number of carbonyl (C=O) groups excluding carboxylic acids is 2. The van der Waals surface area contributed by atoms with Crippen molar-refractivity contribution in [2.45, 2.75) is 62.9 Å². The molecule has 7 nitrogen and oxygen atoms in total. The number of carboxylic acids is 1. The predicted molar refractivity (Wildman–Crippen MR) is 126 cm³/mol. The van der Waals surface area contributed by atoms with Gasteiger partial charge in [0.25, 0.3) is 0 Å². The van der Waals surface area contributed by atoms with E-state index < -0.39 is 18.1 Å². The van der Waals surface area contributed by atoms with Crippen LogP contribution < -0.4 is 10.6 Å². The molecule has 0 aromatic heterocycles. The third-order valence-corrected chi connectivity index (χ3v) is 7.71. The summed E-state index contributed by atoms with van der Waals surface area (Å²) in [5.74, 6) is -1.42. The Bertz CT molecular complexity index is 1060. The van der Waals surface area contributed by atoms with Crippen LogP contribution in [0.15, 0.2) is 48.5 Å². The van der Waals surface area contributed by atoms with Gasteiger partial charge in [0.2, 0.25) is 5.91 Å². The smallest absolute Gasteiger partial charge is 0.407 e. The van der Waals surface area contributed by atoms with Crippen molar-refractivity contribution in [3.8, 4) is 11.1 Å². The van der Waals surface area contributed by atoms with Crippen molar-refractivity contribution in [2.24, 2.45) is 5.41 Å². The number of aliphatic carboxylic acids is 1. The van der Waals surface area contributed by atoms with Crippen molar-refractivity contribution in [1.82, 2.24) is 10.6 Å². The van der Waals surface area contributed by atoms with Crippen LogP contribution in [0.2, 0.25) is 0 Å². The summed E-state index contributed by atoms with van der Waals surface area (Å²) in [5, 5.41) is 14.8. The van der Waals surface area contributed by atoms with Crippen LogP contribution in [0.1, 0.15) is 62.0 Å². The standard InChI is InChI=1S/C27H30N2O5/c30-24(31)12-11-22(25(32)29-23-10-5-13-27(23)14-15-27)28-26(33)34-16-21-19-8-3-1-6-17(19)18-7-2-4-9-20(18)21/h1-4,6-9,21-23H,5,10-16H2,(H,28,33)(H,29,32)(H,30,31). The molecule has 178 valence electrons. The van der Waals surface area contributed by atoms with Gasteiger partial charge in [0, 0.05) is 18.4 Å². The quantitative estimate of drug-likeness (QED) is 0.545. The number of fused-ring (bicyclic) bond motifs is 3. The van der Waals surface area contributed by atoms with E-state index in [0.717, 1.165) is 54.4 Å². The average Bonchev–Trinajstić information content (AvgIpc) is 3.41. The third-order valence-electron chi connectivity index (χ3n) is 7.71. The highest BCUT2D eigenvalue weighted by molar-refractivity contribution is 5.86. The van der Waals surface area contributed by atoms with Gasteiger partial charge in [-0.2, -0.15) is 0 Å². The normalized spacial score (nSPS) is 20.3. The zero-order valence-corrected chi connectivity index (χ0v) is 19.1. The second-order valence-corrected chi connectivity index (χ2v) is 9.77. The summed E-state index contributed by atoms with van der Waals surface area (Å²) in [5.41, 5.74) is 4.70. The summed E-state index contributed by atoms with van der Waals surface area (Å²) in [4.78, 5) is 36.8. The van der Waals surface area contributed by atoms with E-state index in [-0.39, 0.29) is 42.7 Å². The molecular weight excluding hydrogens is 432 g/mol. The minimum Gasteiger partial charge on any atom is -0.481 e. The summed E-state index contributed by atoms with van der Waals surface area (Å²) < 4.78 is 5.57. The van der Waals surface area contributed by atoms with Gasteiger partial charge in [0.15, 0.2) is 0 Å². The van der Waals surface area contributed by atoms with Crippen LogP contribution in [-0.4, -0.2) is 41.8 Å². The molecule has 7 heteroatoms. The van der Waals surface area contributed by atoms with Crippen molar-refractivity contribution in [1.29, 1.82) is 0 Å². The lowest BCUT2D eigenvalue weighted by Gasteiger charge is -2.24. The number of benzene rings is 2. The molecule has 5 rings (SSSR count). The topological polar surface area (TPSA) is 105 Å². The van der Waals surface area contributed by atoms with Crippen LogP contribution in [0, 0.1) is 5.41 Å². The molecule has 2 aromatic carbocycles. The molecule has 2 unspecified atom stereocenters. The van der Waals surface area contributed by atoms with Gasteiger partial charge in [-0.1, -0.05) is 55.0 Å². The third kappa shape index (κ3) is 4.39. The van der Waals surface area contributed by atoms with E-state index in [2.05, 4.69) is 22.8 Å². The molecule has 0 bridgehead atoms. The molecule has 0 heterocycles. The lowest BCUT2D eigenvalue weighted by molar-refractivity contribution is -0.137. The summed E-state index contributed by atoms with van der Waals surface area (Å²) in [6.07, 6.45) is 4.49. The first-order valence-corrected chi connectivity index (χ1v) is 12.1. The van der Waals surface area contributed by atoms with Crippen LogP contribution in [0.25, 0.3) is 11.1 Å². The number of hydrogen-bond donors (Lipinski definition) is 3. The van der Waals surface area contributed by atoms with E-state index in [0.29, 0.717) is 0 Å². The monoisotopic (exact) mass is 462 g/mol. The van der Waals surface area contributed by atoms with Gasteiger partial charge < -0.3 is 20.5 Å². The molecule has 2 aromatic rings. The number of amides is 2. The Morgan fingerprint density at radius 1 is 1.00 bits per heavy atom. The van der Waals surface area contributed by atoms with Crippen molar-refractivity contribution in [2.75, 3.05) is 6.61 Å². The molecule has 3 N–H and O–H groups in total. The Morgan fingerprint density at radius 3 is 2.26 bits per heavy atom.